The molecular weight excluding hydrogens is 372 g/mol. The summed E-state index contributed by atoms with van der Waals surface area (Å²) in [5.74, 6) is 0. The van der Waals surface area contributed by atoms with Crippen LogP contribution in [0.2, 0.25) is 0 Å². The van der Waals surface area contributed by atoms with E-state index >= 15 is 0 Å². The predicted molar refractivity (Wildman–Crippen MR) is 87.9 cm³/mol. The standard InChI is InChI=1S/C15H16Br2S/c1-10-12(9-13(16)18-10)14(17)15(2,3)11-7-5-4-6-8-11/h4-9,14H,1-3H3. The summed E-state index contributed by atoms with van der Waals surface area (Å²) in [6.45, 7) is 6.75. The molecular formula is C15H16Br2S. The molecule has 1 aromatic heterocycles. The van der Waals surface area contributed by atoms with Gasteiger partial charge in [-0.1, -0.05) is 60.1 Å². The van der Waals surface area contributed by atoms with Crippen molar-refractivity contribution in [1.29, 1.82) is 0 Å². The van der Waals surface area contributed by atoms with Gasteiger partial charge in [-0.3, -0.25) is 0 Å². The third-order valence-corrected chi connectivity index (χ3v) is 6.56. The molecule has 1 unspecified atom stereocenters. The Morgan fingerprint density at radius 3 is 2.28 bits per heavy atom. The average molecular weight is 388 g/mol. The van der Waals surface area contributed by atoms with Gasteiger partial charge in [-0.25, -0.2) is 0 Å². The van der Waals surface area contributed by atoms with Crippen LogP contribution in [0.3, 0.4) is 0 Å². The van der Waals surface area contributed by atoms with Gasteiger partial charge in [-0.2, -0.15) is 0 Å². The smallest absolute Gasteiger partial charge is 0.0704 e. The molecule has 1 heterocycles. The topological polar surface area (TPSA) is 0 Å². The van der Waals surface area contributed by atoms with Gasteiger partial charge in [0.1, 0.15) is 0 Å². The molecule has 0 saturated carbocycles. The van der Waals surface area contributed by atoms with Gasteiger partial charge in [-0.05, 0) is 40.0 Å². The largest absolute Gasteiger partial charge is 0.133 e. The Balaban J connectivity index is 2.39. The van der Waals surface area contributed by atoms with E-state index in [9.17, 15) is 0 Å². The summed E-state index contributed by atoms with van der Waals surface area (Å²) in [5, 5.41) is 0. The van der Waals surface area contributed by atoms with Crippen molar-refractivity contribution in [2.45, 2.75) is 31.0 Å². The number of benzene rings is 1. The van der Waals surface area contributed by atoms with Crippen LogP contribution in [0.25, 0.3) is 0 Å². The van der Waals surface area contributed by atoms with Crippen LogP contribution in [0.4, 0.5) is 0 Å². The van der Waals surface area contributed by atoms with E-state index in [1.807, 2.05) is 0 Å². The van der Waals surface area contributed by atoms with Crippen molar-refractivity contribution in [3.8, 4) is 0 Å². The van der Waals surface area contributed by atoms with Crippen LogP contribution < -0.4 is 0 Å². The molecule has 0 fully saturated rings. The number of hydrogen-bond acceptors (Lipinski definition) is 1. The molecule has 18 heavy (non-hydrogen) atoms. The van der Waals surface area contributed by atoms with E-state index in [1.165, 1.54) is 19.8 Å². The summed E-state index contributed by atoms with van der Waals surface area (Å²) in [6, 6.07) is 12.9. The first-order valence-electron chi connectivity index (χ1n) is 5.88. The van der Waals surface area contributed by atoms with Gasteiger partial charge in [0, 0.05) is 15.1 Å². The summed E-state index contributed by atoms with van der Waals surface area (Å²) < 4.78 is 1.20. The van der Waals surface area contributed by atoms with E-state index in [1.54, 1.807) is 11.3 Å². The summed E-state index contributed by atoms with van der Waals surface area (Å²) in [6.07, 6.45) is 0. The zero-order chi connectivity index (χ0) is 13.3. The molecule has 0 bridgehead atoms. The quantitative estimate of drug-likeness (QED) is 0.547. The first-order chi connectivity index (χ1) is 8.43. The van der Waals surface area contributed by atoms with Crippen molar-refractivity contribution in [2.24, 2.45) is 0 Å². The van der Waals surface area contributed by atoms with Crippen molar-refractivity contribution in [3.63, 3.8) is 0 Å². The highest BCUT2D eigenvalue weighted by Gasteiger charge is 2.32. The third kappa shape index (κ3) is 2.73. The van der Waals surface area contributed by atoms with Gasteiger partial charge in [0.2, 0.25) is 0 Å². The number of hydrogen-bond donors (Lipinski definition) is 0. The Hall–Kier alpha value is -0.120. The molecule has 0 spiro atoms. The fraction of sp³-hybridized carbons (Fsp3) is 0.333. The van der Waals surface area contributed by atoms with E-state index in [0.29, 0.717) is 4.83 Å². The third-order valence-electron chi connectivity index (χ3n) is 3.35. The minimum Gasteiger partial charge on any atom is -0.133 e. The minimum absolute atomic E-state index is 0.0620. The molecule has 0 amide bonds. The van der Waals surface area contributed by atoms with Crippen LogP contribution in [-0.4, -0.2) is 0 Å². The van der Waals surface area contributed by atoms with Crippen molar-refractivity contribution in [3.05, 3.63) is 56.2 Å². The second-order valence-corrected chi connectivity index (χ2v) is 8.56. The number of thiophene rings is 1. The lowest BCUT2D eigenvalue weighted by molar-refractivity contribution is 0.517. The lowest BCUT2D eigenvalue weighted by atomic mass is 9.79. The monoisotopic (exact) mass is 386 g/mol. The highest BCUT2D eigenvalue weighted by molar-refractivity contribution is 9.11. The van der Waals surface area contributed by atoms with E-state index in [4.69, 9.17) is 0 Å². The van der Waals surface area contributed by atoms with Gasteiger partial charge in [0.05, 0.1) is 3.79 Å². The molecule has 1 atom stereocenters. The molecule has 2 rings (SSSR count). The molecule has 0 aliphatic carbocycles. The maximum absolute atomic E-state index is 3.89. The Kier molecular flexibility index (Phi) is 4.35. The summed E-state index contributed by atoms with van der Waals surface area (Å²) in [4.78, 5) is 1.68. The maximum Gasteiger partial charge on any atom is 0.0704 e. The summed E-state index contributed by atoms with van der Waals surface area (Å²) >= 11 is 9.26. The number of rotatable bonds is 3. The highest BCUT2D eigenvalue weighted by atomic mass is 79.9. The molecule has 0 radical (unpaired) electrons. The van der Waals surface area contributed by atoms with Crippen molar-refractivity contribution in [2.75, 3.05) is 0 Å². The molecule has 3 heteroatoms. The van der Waals surface area contributed by atoms with Crippen LogP contribution in [0.1, 0.15) is 34.7 Å². The first kappa shape index (κ1) is 14.3. The second-order valence-electron chi connectivity index (χ2n) is 5.01. The van der Waals surface area contributed by atoms with Gasteiger partial charge < -0.3 is 0 Å². The molecule has 1 aromatic carbocycles. The lowest BCUT2D eigenvalue weighted by Crippen LogP contribution is -2.23. The number of halogens is 2. The normalized spacial score (nSPS) is 13.6. The first-order valence-corrected chi connectivity index (χ1v) is 8.41. The summed E-state index contributed by atoms with van der Waals surface area (Å²) in [5.41, 5.74) is 2.79. The van der Waals surface area contributed by atoms with Crippen molar-refractivity contribution in [1.82, 2.24) is 0 Å². The highest BCUT2D eigenvalue weighted by Crippen LogP contribution is 2.46. The molecule has 0 saturated heterocycles. The fourth-order valence-electron chi connectivity index (χ4n) is 2.11. The van der Waals surface area contributed by atoms with Crippen LogP contribution in [-0.2, 0) is 5.41 Å². The van der Waals surface area contributed by atoms with Crippen LogP contribution in [0.5, 0.6) is 0 Å². The minimum atomic E-state index is 0.0620. The summed E-state index contributed by atoms with van der Waals surface area (Å²) in [7, 11) is 0. The Morgan fingerprint density at radius 2 is 1.78 bits per heavy atom. The van der Waals surface area contributed by atoms with Crippen LogP contribution >= 0.6 is 43.2 Å². The maximum atomic E-state index is 3.89. The predicted octanol–water partition coefficient (Wildman–Crippen LogP) is 6.23. The zero-order valence-corrected chi connectivity index (χ0v) is 14.7. The zero-order valence-electron chi connectivity index (χ0n) is 10.7. The molecule has 0 aliphatic heterocycles. The van der Waals surface area contributed by atoms with E-state index in [2.05, 4.69) is 89.0 Å². The molecule has 0 nitrogen and oxygen atoms in total. The molecule has 2 aromatic rings. The van der Waals surface area contributed by atoms with E-state index < -0.39 is 0 Å². The number of aryl methyl sites for hydroxylation is 1. The Morgan fingerprint density at radius 1 is 1.17 bits per heavy atom. The van der Waals surface area contributed by atoms with Gasteiger partial charge >= 0.3 is 0 Å². The molecule has 0 N–H and O–H groups in total. The Labute approximate surface area is 130 Å². The lowest BCUT2D eigenvalue weighted by Gasteiger charge is -2.31. The van der Waals surface area contributed by atoms with E-state index in [0.717, 1.165) is 0 Å². The van der Waals surface area contributed by atoms with E-state index in [-0.39, 0.29) is 5.41 Å². The second kappa shape index (κ2) is 5.48. The van der Waals surface area contributed by atoms with Crippen molar-refractivity contribution < 1.29 is 0 Å². The van der Waals surface area contributed by atoms with Crippen LogP contribution in [0.15, 0.2) is 40.2 Å². The SMILES string of the molecule is Cc1sc(Br)cc1C(Br)C(C)(C)c1ccccc1. The number of alkyl halides is 1. The van der Waals surface area contributed by atoms with Crippen LogP contribution in [0, 0.1) is 6.92 Å². The van der Waals surface area contributed by atoms with Gasteiger partial charge in [0.25, 0.3) is 0 Å². The Bertz CT molecular complexity index is 529. The fourth-order valence-corrected chi connectivity index (χ4v) is 4.75. The van der Waals surface area contributed by atoms with Gasteiger partial charge in [-0.15, -0.1) is 11.3 Å². The van der Waals surface area contributed by atoms with Gasteiger partial charge in [0.15, 0.2) is 0 Å². The molecule has 96 valence electrons. The van der Waals surface area contributed by atoms with Crippen molar-refractivity contribution >= 4 is 43.2 Å². The molecule has 0 aliphatic rings. The average Bonchev–Trinajstić information content (AvgIpc) is 2.68.